The summed E-state index contributed by atoms with van der Waals surface area (Å²) >= 11 is 6.19. The zero-order chi connectivity index (χ0) is 18.9. The average molecular weight is 510 g/mol. The summed E-state index contributed by atoms with van der Waals surface area (Å²) in [6.07, 6.45) is 5.69. The minimum atomic E-state index is 0. The smallest absolute Gasteiger partial charge is 0.190 e. The first kappa shape index (κ1) is 22.2. The summed E-state index contributed by atoms with van der Waals surface area (Å²) in [5, 5.41) is 11.9. The van der Waals surface area contributed by atoms with Crippen LogP contribution in [0.5, 0.6) is 0 Å². The molecule has 0 aliphatic heterocycles. The van der Waals surface area contributed by atoms with Crippen LogP contribution in [0.2, 0.25) is 5.02 Å². The Kier molecular flexibility index (Phi) is 9.30. The number of hydrogen-bond donors (Lipinski definition) is 2. The second-order valence-corrected chi connectivity index (χ2v) is 6.55. The number of rotatable bonds is 7. The number of aromatic nitrogens is 2. The molecule has 1 heterocycles. The largest absolute Gasteiger partial charge is 0.356 e. The Balaban J connectivity index is 0.00000280. The zero-order valence-corrected chi connectivity index (χ0v) is 18.9. The maximum atomic E-state index is 6.19. The SMILES string of the molecule is CN=C(NCCc1cnn(-c2ccccc2)c1)NCCc1ccccc1Cl.I. The standard InChI is InChI=1S/C21H24ClN5.HI/c1-23-21(25-14-12-18-7-5-6-10-20(18)22)24-13-11-17-15-26-27(16-17)19-8-3-2-4-9-19;/h2-10,15-16H,11-14H2,1H3,(H2,23,24,25);1H. The molecule has 0 bridgehead atoms. The molecule has 0 radical (unpaired) electrons. The maximum absolute atomic E-state index is 6.19. The molecule has 2 aromatic carbocycles. The number of halogens is 2. The van der Waals surface area contributed by atoms with Gasteiger partial charge in [-0.05, 0) is 42.2 Å². The van der Waals surface area contributed by atoms with Gasteiger partial charge in [0.1, 0.15) is 0 Å². The highest BCUT2D eigenvalue weighted by molar-refractivity contribution is 14.0. The molecule has 28 heavy (non-hydrogen) atoms. The average Bonchev–Trinajstić information content (AvgIpc) is 3.18. The van der Waals surface area contributed by atoms with Gasteiger partial charge in [0.15, 0.2) is 5.96 Å². The highest BCUT2D eigenvalue weighted by Gasteiger charge is 2.03. The van der Waals surface area contributed by atoms with Crippen LogP contribution in [0.25, 0.3) is 5.69 Å². The third-order valence-corrected chi connectivity index (χ3v) is 4.60. The quantitative estimate of drug-likeness (QED) is 0.287. The predicted octanol–water partition coefficient (Wildman–Crippen LogP) is 4.09. The Morgan fingerprint density at radius 1 is 1.00 bits per heavy atom. The summed E-state index contributed by atoms with van der Waals surface area (Å²) in [5.41, 5.74) is 3.38. The van der Waals surface area contributed by atoms with Gasteiger partial charge in [0.25, 0.3) is 0 Å². The number of hydrogen-bond acceptors (Lipinski definition) is 2. The Labute approximate surface area is 188 Å². The van der Waals surface area contributed by atoms with Crippen LogP contribution in [0.15, 0.2) is 72.0 Å². The Hall–Kier alpha value is -2.06. The number of nitrogens with zero attached hydrogens (tertiary/aromatic N) is 3. The van der Waals surface area contributed by atoms with Crippen LogP contribution < -0.4 is 10.6 Å². The molecule has 0 aliphatic carbocycles. The van der Waals surface area contributed by atoms with Gasteiger partial charge in [-0.2, -0.15) is 5.10 Å². The van der Waals surface area contributed by atoms with Crippen LogP contribution in [0, 0.1) is 0 Å². The van der Waals surface area contributed by atoms with E-state index in [0.29, 0.717) is 0 Å². The Bertz CT molecular complexity index is 879. The van der Waals surface area contributed by atoms with Gasteiger partial charge >= 0.3 is 0 Å². The van der Waals surface area contributed by atoms with Gasteiger partial charge in [0.05, 0.1) is 11.9 Å². The first-order valence-electron chi connectivity index (χ1n) is 9.03. The number of nitrogens with one attached hydrogen (secondary N) is 2. The van der Waals surface area contributed by atoms with E-state index in [-0.39, 0.29) is 24.0 Å². The van der Waals surface area contributed by atoms with E-state index in [1.165, 1.54) is 5.56 Å². The van der Waals surface area contributed by atoms with Crippen molar-refractivity contribution in [2.24, 2.45) is 4.99 Å². The number of benzene rings is 2. The maximum Gasteiger partial charge on any atom is 0.190 e. The molecule has 0 aliphatic rings. The summed E-state index contributed by atoms with van der Waals surface area (Å²) in [4.78, 5) is 4.27. The van der Waals surface area contributed by atoms with Gasteiger partial charge in [-0.25, -0.2) is 4.68 Å². The third-order valence-electron chi connectivity index (χ3n) is 4.23. The van der Waals surface area contributed by atoms with Crippen molar-refractivity contribution < 1.29 is 0 Å². The topological polar surface area (TPSA) is 54.2 Å². The molecule has 2 N–H and O–H groups in total. The van der Waals surface area contributed by atoms with Crippen molar-refractivity contribution >= 4 is 41.5 Å². The number of guanidine groups is 1. The van der Waals surface area contributed by atoms with Crippen LogP contribution in [-0.4, -0.2) is 35.9 Å². The van der Waals surface area contributed by atoms with Crippen LogP contribution in [-0.2, 0) is 12.8 Å². The lowest BCUT2D eigenvalue weighted by Crippen LogP contribution is -2.39. The van der Waals surface area contributed by atoms with Gasteiger partial charge in [0.2, 0.25) is 0 Å². The first-order chi connectivity index (χ1) is 13.3. The highest BCUT2D eigenvalue weighted by atomic mass is 127. The lowest BCUT2D eigenvalue weighted by atomic mass is 10.1. The fourth-order valence-corrected chi connectivity index (χ4v) is 3.00. The van der Waals surface area contributed by atoms with Crippen LogP contribution >= 0.6 is 35.6 Å². The molecule has 3 aromatic rings. The van der Waals surface area contributed by atoms with Crippen LogP contribution in [0.3, 0.4) is 0 Å². The number of aliphatic imine (C=N–C) groups is 1. The first-order valence-corrected chi connectivity index (χ1v) is 9.41. The number of para-hydroxylation sites is 1. The molecule has 0 spiro atoms. The van der Waals surface area contributed by atoms with Crippen LogP contribution in [0.4, 0.5) is 0 Å². The normalized spacial score (nSPS) is 11.0. The van der Waals surface area contributed by atoms with Crippen LogP contribution in [0.1, 0.15) is 11.1 Å². The molecular formula is C21H25ClIN5. The van der Waals surface area contributed by atoms with Gasteiger partial charge < -0.3 is 10.6 Å². The summed E-state index contributed by atoms with van der Waals surface area (Å²) < 4.78 is 1.89. The van der Waals surface area contributed by atoms with Crippen molar-refractivity contribution in [1.82, 2.24) is 20.4 Å². The second kappa shape index (κ2) is 11.7. The van der Waals surface area contributed by atoms with Gasteiger partial charge in [-0.3, -0.25) is 4.99 Å². The van der Waals surface area contributed by atoms with E-state index in [4.69, 9.17) is 11.6 Å². The molecule has 3 rings (SSSR count). The fraction of sp³-hybridized carbons (Fsp3) is 0.238. The van der Waals surface area contributed by atoms with Gasteiger partial charge in [0, 0.05) is 31.4 Å². The summed E-state index contributed by atoms with van der Waals surface area (Å²) in [7, 11) is 1.78. The third kappa shape index (κ3) is 6.53. The minimum absolute atomic E-state index is 0. The monoisotopic (exact) mass is 509 g/mol. The molecular weight excluding hydrogens is 485 g/mol. The Morgan fingerprint density at radius 3 is 2.39 bits per heavy atom. The van der Waals surface area contributed by atoms with Gasteiger partial charge in [-0.15, -0.1) is 24.0 Å². The zero-order valence-electron chi connectivity index (χ0n) is 15.8. The lowest BCUT2D eigenvalue weighted by molar-refractivity contribution is 0.784. The highest BCUT2D eigenvalue weighted by Crippen LogP contribution is 2.14. The summed E-state index contributed by atoms with van der Waals surface area (Å²) in [6, 6.07) is 18.0. The second-order valence-electron chi connectivity index (χ2n) is 6.15. The van der Waals surface area contributed by atoms with Crippen molar-refractivity contribution in [2.45, 2.75) is 12.8 Å². The van der Waals surface area contributed by atoms with E-state index in [1.807, 2.05) is 65.5 Å². The fourth-order valence-electron chi connectivity index (χ4n) is 2.77. The van der Waals surface area contributed by atoms with E-state index in [2.05, 4.69) is 26.9 Å². The molecule has 0 amide bonds. The molecule has 0 unspecified atom stereocenters. The van der Waals surface area contributed by atoms with Crippen molar-refractivity contribution in [1.29, 1.82) is 0 Å². The van der Waals surface area contributed by atoms with E-state index in [1.54, 1.807) is 7.05 Å². The van der Waals surface area contributed by atoms with E-state index < -0.39 is 0 Å². The molecule has 148 valence electrons. The molecule has 1 aromatic heterocycles. The molecule has 0 atom stereocenters. The molecule has 0 fully saturated rings. The molecule has 5 nitrogen and oxygen atoms in total. The van der Waals surface area contributed by atoms with E-state index >= 15 is 0 Å². The van der Waals surface area contributed by atoms with Crippen molar-refractivity contribution in [3.8, 4) is 5.69 Å². The van der Waals surface area contributed by atoms with Gasteiger partial charge in [-0.1, -0.05) is 48.0 Å². The predicted molar refractivity (Wildman–Crippen MR) is 127 cm³/mol. The summed E-state index contributed by atoms with van der Waals surface area (Å²) in [6.45, 7) is 1.56. The minimum Gasteiger partial charge on any atom is -0.356 e. The van der Waals surface area contributed by atoms with Crippen molar-refractivity contribution in [3.05, 3.63) is 83.1 Å². The van der Waals surface area contributed by atoms with Crippen molar-refractivity contribution in [3.63, 3.8) is 0 Å². The molecule has 0 saturated carbocycles. The summed E-state index contributed by atoms with van der Waals surface area (Å²) in [5.74, 6) is 0.789. The lowest BCUT2D eigenvalue weighted by Gasteiger charge is -2.12. The van der Waals surface area contributed by atoms with E-state index in [0.717, 1.165) is 48.2 Å². The molecule has 0 saturated heterocycles. The van der Waals surface area contributed by atoms with Crippen molar-refractivity contribution in [2.75, 3.05) is 20.1 Å². The Morgan fingerprint density at radius 2 is 1.68 bits per heavy atom. The molecule has 7 heteroatoms. The van der Waals surface area contributed by atoms with E-state index in [9.17, 15) is 0 Å².